The first-order valence-electron chi connectivity index (χ1n) is 9.93. The summed E-state index contributed by atoms with van der Waals surface area (Å²) in [6, 6.07) is 20.5. The molecule has 2 aromatic carbocycles. The Balaban J connectivity index is 1.59. The zero-order valence-corrected chi connectivity index (χ0v) is 18.7. The number of hydrogen-bond acceptors (Lipinski definition) is 4. The van der Waals surface area contributed by atoms with Gasteiger partial charge in [-0.2, -0.15) is 0 Å². The van der Waals surface area contributed by atoms with E-state index in [2.05, 4.69) is 10.6 Å². The van der Waals surface area contributed by atoms with Crippen molar-refractivity contribution in [3.8, 4) is 11.3 Å². The number of furan rings is 2. The molecule has 0 aliphatic heterocycles. The van der Waals surface area contributed by atoms with Gasteiger partial charge in [-0.05, 0) is 54.6 Å². The highest BCUT2D eigenvalue weighted by Gasteiger charge is 2.16. The highest BCUT2D eigenvalue weighted by molar-refractivity contribution is 6.36. The molecule has 33 heavy (non-hydrogen) atoms. The summed E-state index contributed by atoms with van der Waals surface area (Å²) in [6.07, 6.45) is 2.97. The Morgan fingerprint density at radius 3 is 2.48 bits per heavy atom. The summed E-state index contributed by atoms with van der Waals surface area (Å²) in [5.41, 5.74) is 1.08. The molecule has 0 saturated heterocycles. The Morgan fingerprint density at radius 1 is 0.939 bits per heavy atom. The fourth-order valence-corrected chi connectivity index (χ4v) is 3.53. The molecule has 0 saturated carbocycles. The second-order valence-corrected chi connectivity index (χ2v) is 7.81. The lowest BCUT2D eigenvalue weighted by Gasteiger charge is -2.10. The van der Waals surface area contributed by atoms with Gasteiger partial charge < -0.3 is 19.5 Å². The van der Waals surface area contributed by atoms with E-state index in [0.717, 1.165) is 0 Å². The average Bonchev–Trinajstić information content (AvgIpc) is 3.50. The zero-order chi connectivity index (χ0) is 23.2. The quantitative estimate of drug-likeness (QED) is 0.321. The Morgan fingerprint density at radius 2 is 1.76 bits per heavy atom. The van der Waals surface area contributed by atoms with Gasteiger partial charge in [0.1, 0.15) is 23.0 Å². The van der Waals surface area contributed by atoms with Crippen molar-refractivity contribution in [2.75, 3.05) is 0 Å². The molecule has 0 fully saturated rings. The monoisotopic (exact) mass is 480 g/mol. The second kappa shape index (κ2) is 10.3. The summed E-state index contributed by atoms with van der Waals surface area (Å²) in [4.78, 5) is 25.5. The van der Waals surface area contributed by atoms with Gasteiger partial charge in [0, 0.05) is 22.2 Å². The number of amides is 2. The number of hydrogen-bond donors (Lipinski definition) is 2. The van der Waals surface area contributed by atoms with E-state index in [1.165, 1.54) is 12.3 Å². The third kappa shape index (κ3) is 5.74. The van der Waals surface area contributed by atoms with Gasteiger partial charge in [-0.1, -0.05) is 41.4 Å². The lowest BCUT2D eigenvalue weighted by atomic mass is 10.2. The molecule has 2 N–H and O–H groups in total. The lowest BCUT2D eigenvalue weighted by molar-refractivity contribution is -0.118. The van der Waals surface area contributed by atoms with Gasteiger partial charge in [-0.15, -0.1) is 0 Å². The maximum Gasteiger partial charge on any atom is 0.268 e. The van der Waals surface area contributed by atoms with Crippen LogP contribution in [0.3, 0.4) is 0 Å². The summed E-state index contributed by atoms with van der Waals surface area (Å²) in [5.74, 6) is 0.496. The van der Waals surface area contributed by atoms with E-state index in [1.54, 1.807) is 72.8 Å². The number of nitrogens with one attached hydrogen (secondary N) is 2. The minimum atomic E-state index is -0.502. The van der Waals surface area contributed by atoms with Crippen molar-refractivity contribution in [3.05, 3.63) is 112 Å². The standard InChI is InChI=1S/C25H18Cl2N2O4/c26-17-8-10-20(21(27)13-17)23-11-9-18(33-23)14-22(25(31)28-15-19-7-4-12-32-19)29-24(30)16-5-2-1-3-6-16/h1-14H,15H2,(H,28,31)(H,29,30)/b22-14+. The first kappa shape index (κ1) is 22.5. The lowest BCUT2D eigenvalue weighted by Crippen LogP contribution is -2.34. The molecule has 8 heteroatoms. The molecule has 0 aliphatic rings. The Hall–Kier alpha value is -3.74. The van der Waals surface area contributed by atoms with E-state index < -0.39 is 11.8 Å². The first-order valence-corrected chi connectivity index (χ1v) is 10.7. The SMILES string of the molecule is O=C(NCc1ccco1)/C(=C\c1ccc(-c2ccc(Cl)cc2Cl)o1)NC(=O)c1ccccc1. The van der Waals surface area contributed by atoms with Gasteiger partial charge in [-0.25, -0.2) is 0 Å². The van der Waals surface area contributed by atoms with Crippen molar-refractivity contribution in [1.82, 2.24) is 10.6 Å². The van der Waals surface area contributed by atoms with Crippen molar-refractivity contribution >= 4 is 41.1 Å². The fourth-order valence-electron chi connectivity index (χ4n) is 3.02. The highest BCUT2D eigenvalue weighted by atomic mass is 35.5. The van der Waals surface area contributed by atoms with E-state index in [4.69, 9.17) is 32.0 Å². The molecule has 4 rings (SSSR count). The Kier molecular flexibility index (Phi) is 6.98. The summed E-state index contributed by atoms with van der Waals surface area (Å²) in [6.45, 7) is 0.161. The first-order chi connectivity index (χ1) is 16.0. The molecule has 2 heterocycles. The van der Waals surface area contributed by atoms with Crippen molar-refractivity contribution < 1.29 is 18.4 Å². The number of carbonyl (C=O) groups is 2. The highest BCUT2D eigenvalue weighted by Crippen LogP contribution is 2.32. The van der Waals surface area contributed by atoms with E-state index in [1.807, 2.05) is 0 Å². The molecule has 0 spiro atoms. The third-order valence-electron chi connectivity index (χ3n) is 4.64. The van der Waals surface area contributed by atoms with E-state index >= 15 is 0 Å². The maximum atomic E-state index is 12.9. The minimum Gasteiger partial charge on any atom is -0.467 e. The summed E-state index contributed by atoms with van der Waals surface area (Å²) >= 11 is 12.2. The predicted octanol–water partition coefficient (Wildman–Crippen LogP) is 5.93. The van der Waals surface area contributed by atoms with Crippen molar-refractivity contribution in [2.45, 2.75) is 6.54 Å². The van der Waals surface area contributed by atoms with Crippen LogP contribution in [0, 0.1) is 0 Å². The van der Waals surface area contributed by atoms with Crippen LogP contribution >= 0.6 is 23.2 Å². The molecule has 2 amide bonds. The van der Waals surface area contributed by atoms with Crippen LogP contribution < -0.4 is 10.6 Å². The average molecular weight is 481 g/mol. The van der Waals surface area contributed by atoms with E-state index in [-0.39, 0.29) is 12.2 Å². The molecular formula is C25H18Cl2N2O4. The Bertz CT molecular complexity index is 1300. The molecule has 0 atom stereocenters. The molecule has 4 aromatic rings. The number of halogens is 2. The van der Waals surface area contributed by atoms with Crippen LogP contribution in [0.25, 0.3) is 17.4 Å². The molecule has 0 radical (unpaired) electrons. The van der Waals surface area contributed by atoms with Crippen molar-refractivity contribution in [2.24, 2.45) is 0 Å². The van der Waals surface area contributed by atoms with Crippen LogP contribution in [0.1, 0.15) is 21.9 Å². The number of benzene rings is 2. The van der Waals surface area contributed by atoms with Gasteiger partial charge in [0.2, 0.25) is 0 Å². The largest absolute Gasteiger partial charge is 0.467 e. The van der Waals surface area contributed by atoms with Crippen LogP contribution in [0.5, 0.6) is 0 Å². The van der Waals surface area contributed by atoms with Crippen LogP contribution in [0.2, 0.25) is 10.0 Å². The molecule has 0 bridgehead atoms. The van der Waals surface area contributed by atoms with Crippen LogP contribution in [0.4, 0.5) is 0 Å². The molecule has 2 aromatic heterocycles. The third-order valence-corrected chi connectivity index (χ3v) is 5.19. The predicted molar refractivity (Wildman–Crippen MR) is 127 cm³/mol. The van der Waals surface area contributed by atoms with E-state index in [9.17, 15) is 9.59 Å². The number of rotatable bonds is 7. The summed E-state index contributed by atoms with van der Waals surface area (Å²) in [5, 5.41) is 6.32. The van der Waals surface area contributed by atoms with Gasteiger partial charge in [0.05, 0.1) is 17.8 Å². The minimum absolute atomic E-state index is 0.0125. The van der Waals surface area contributed by atoms with Crippen LogP contribution in [-0.2, 0) is 11.3 Å². The normalized spacial score (nSPS) is 11.3. The topological polar surface area (TPSA) is 84.5 Å². The fraction of sp³-hybridized carbons (Fsp3) is 0.0400. The molecule has 166 valence electrons. The second-order valence-electron chi connectivity index (χ2n) is 6.97. The van der Waals surface area contributed by atoms with Gasteiger partial charge in [-0.3, -0.25) is 9.59 Å². The molecule has 0 unspecified atom stereocenters. The van der Waals surface area contributed by atoms with E-state index in [0.29, 0.717) is 38.5 Å². The smallest absolute Gasteiger partial charge is 0.268 e. The molecular weight excluding hydrogens is 463 g/mol. The van der Waals surface area contributed by atoms with Gasteiger partial charge >= 0.3 is 0 Å². The summed E-state index contributed by atoms with van der Waals surface area (Å²) < 4.78 is 11.1. The van der Waals surface area contributed by atoms with Crippen LogP contribution in [-0.4, -0.2) is 11.8 Å². The summed E-state index contributed by atoms with van der Waals surface area (Å²) in [7, 11) is 0. The molecule has 0 aliphatic carbocycles. The number of carbonyl (C=O) groups excluding carboxylic acids is 2. The Labute approximate surface area is 199 Å². The van der Waals surface area contributed by atoms with Crippen LogP contribution in [0.15, 0.2) is 93.6 Å². The molecule has 6 nitrogen and oxygen atoms in total. The van der Waals surface area contributed by atoms with Gasteiger partial charge in [0.15, 0.2) is 0 Å². The van der Waals surface area contributed by atoms with Crippen molar-refractivity contribution in [3.63, 3.8) is 0 Å². The van der Waals surface area contributed by atoms with Crippen molar-refractivity contribution in [1.29, 1.82) is 0 Å². The maximum absolute atomic E-state index is 12.9. The zero-order valence-electron chi connectivity index (χ0n) is 17.2. The van der Waals surface area contributed by atoms with Gasteiger partial charge in [0.25, 0.3) is 11.8 Å².